The number of hydrogen-bond donors (Lipinski definition) is 0. The van der Waals surface area contributed by atoms with Crippen molar-refractivity contribution in [2.75, 3.05) is 45.8 Å². The number of carbonyl (C=O) groups is 8. The van der Waals surface area contributed by atoms with E-state index in [2.05, 4.69) is 19.7 Å². The minimum atomic E-state index is -1.63. The Labute approximate surface area is 449 Å². The Kier molecular flexibility index (Phi) is 12.0. The van der Waals surface area contributed by atoms with Crippen molar-refractivity contribution < 1.29 is 57.3 Å². The molecule has 8 aliphatic rings. The van der Waals surface area contributed by atoms with Crippen LogP contribution in [0.4, 0.5) is 22.7 Å². The Balaban J connectivity index is 0.709. The monoisotopic (exact) mass is 1050 g/mol. The predicted molar refractivity (Wildman–Crippen MR) is 286 cm³/mol. The third kappa shape index (κ3) is 7.47. The molecular weight excluding hydrogens is 993 g/mol. The minimum absolute atomic E-state index is 0.0371. The number of nitrogens with zero attached hydrogens (tertiary/aromatic N) is 4. The van der Waals surface area contributed by atoms with Crippen molar-refractivity contribution in [1.29, 1.82) is 0 Å². The zero-order valence-electron chi connectivity index (χ0n) is 42.8. The summed E-state index contributed by atoms with van der Waals surface area (Å²) in [6.45, 7) is 12.8. The van der Waals surface area contributed by atoms with E-state index in [-0.39, 0.29) is 72.2 Å². The topological polar surface area (TPSA) is 186 Å². The van der Waals surface area contributed by atoms with Crippen LogP contribution in [0.15, 0.2) is 157 Å². The van der Waals surface area contributed by atoms with Gasteiger partial charge in [-0.05, 0) is 68.4 Å². The maximum absolute atomic E-state index is 14.6. The Morgan fingerprint density at radius 2 is 0.756 bits per heavy atom. The van der Waals surface area contributed by atoms with Crippen molar-refractivity contribution in [2.45, 2.75) is 86.6 Å². The second-order valence-electron chi connectivity index (χ2n) is 21.0. The van der Waals surface area contributed by atoms with Gasteiger partial charge in [0, 0.05) is 96.4 Å². The minimum Gasteiger partial charge on any atom is -0.440 e. The van der Waals surface area contributed by atoms with Crippen LogP contribution < -0.4 is 19.6 Å². The highest BCUT2D eigenvalue weighted by atomic mass is 16.6. The molecule has 0 bridgehead atoms. The van der Waals surface area contributed by atoms with Gasteiger partial charge in [0.15, 0.2) is 0 Å². The summed E-state index contributed by atoms with van der Waals surface area (Å²) in [5.41, 5.74) is 0.363. The van der Waals surface area contributed by atoms with E-state index in [0.29, 0.717) is 103 Å². The molecule has 4 aromatic rings. The van der Waals surface area contributed by atoms with Gasteiger partial charge >= 0.3 is 23.9 Å². The normalized spacial score (nSPS) is 26.2. The van der Waals surface area contributed by atoms with Crippen molar-refractivity contribution >= 4 is 76.3 Å². The van der Waals surface area contributed by atoms with Crippen molar-refractivity contribution in [3.63, 3.8) is 0 Å². The first-order chi connectivity index (χ1) is 37.6. The molecule has 0 saturated carbocycles. The van der Waals surface area contributed by atoms with Crippen molar-refractivity contribution in [1.82, 2.24) is 0 Å². The van der Waals surface area contributed by atoms with E-state index in [1.807, 2.05) is 85.0 Å². The lowest BCUT2D eigenvalue weighted by molar-refractivity contribution is -0.156. The van der Waals surface area contributed by atoms with Crippen LogP contribution in [-0.2, 0) is 79.7 Å². The van der Waals surface area contributed by atoms with E-state index in [1.165, 1.54) is 0 Å². The van der Waals surface area contributed by atoms with Gasteiger partial charge in [-0.25, -0.2) is 19.2 Å². The molecule has 8 aliphatic heterocycles. The molecule has 12 rings (SSSR count). The van der Waals surface area contributed by atoms with Gasteiger partial charge in [0.2, 0.25) is 22.4 Å². The fraction of sp³-hybridized carbons (Fsp3) is 0.290. The zero-order valence-corrected chi connectivity index (χ0v) is 42.8. The van der Waals surface area contributed by atoms with Gasteiger partial charge in [0.1, 0.15) is 0 Å². The van der Waals surface area contributed by atoms with Gasteiger partial charge in [0.25, 0.3) is 23.6 Å². The molecule has 78 heavy (non-hydrogen) atoms. The molecule has 4 amide bonds. The van der Waals surface area contributed by atoms with Crippen LogP contribution in [0.2, 0.25) is 0 Å². The summed E-state index contributed by atoms with van der Waals surface area (Å²) in [4.78, 5) is 115. The molecule has 4 spiro atoms. The third-order valence-corrected chi connectivity index (χ3v) is 16.3. The van der Waals surface area contributed by atoms with Gasteiger partial charge in [0.05, 0.1) is 22.7 Å². The van der Waals surface area contributed by atoms with Crippen molar-refractivity contribution in [3.8, 4) is 0 Å². The molecular formula is C62H54N4O12. The summed E-state index contributed by atoms with van der Waals surface area (Å²) in [7, 11) is 0. The lowest BCUT2D eigenvalue weighted by atomic mass is 9.88. The number of para-hydroxylation sites is 4. The van der Waals surface area contributed by atoms with Crippen LogP contribution in [-0.4, -0.2) is 73.7 Å². The van der Waals surface area contributed by atoms with Crippen molar-refractivity contribution in [3.05, 3.63) is 185 Å². The van der Waals surface area contributed by atoms with Gasteiger partial charge in [-0.15, -0.1) is 0 Å². The third-order valence-electron chi connectivity index (χ3n) is 16.3. The van der Waals surface area contributed by atoms with Crippen LogP contribution in [0.3, 0.4) is 0 Å². The van der Waals surface area contributed by atoms with Crippen molar-refractivity contribution in [2.24, 2.45) is 0 Å². The largest absolute Gasteiger partial charge is 0.440 e. The number of rotatable bonds is 15. The molecule has 4 unspecified atom stereocenters. The first-order valence-corrected chi connectivity index (χ1v) is 26.3. The number of allylic oxidation sites excluding steroid dienone is 2. The van der Waals surface area contributed by atoms with E-state index in [4.69, 9.17) is 18.9 Å². The molecule has 0 N–H and O–H groups in total. The molecule has 0 aromatic heterocycles. The first-order valence-electron chi connectivity index (χ1n) is 26.3. The maximum Gasteiger partial charge on any atom is 0.335 e. The van der Waals surface area contributed by atoms with Gasteiger partial charge < -0.3 is 38.5 Å². The van der Waals surface area contributed by atoms with E-state index in [1.54, 1.807) is 56.0 Å². The Morgan fingerprint density at radius 1 is 0.397 bits per heavy atom. The second-order valence-corrected chi connectivity index (χ2v) is 21.0. The van der Waals surface area contributed by atoms with Crippen LogP contribution in [0.25, 0.3) is 6.08 Å². The molecule has 0 aliphatic carbocycles. The molecule has 4 aromatic carbocycles. The Morgan fingerprint density at radius 3 is 1.21 bits per heavy atom. The highest BCUT2D eigenvalue weighted by molar-refractivity contribution is 6.16. The smallest absolute Gasteiger partial charge is 0.335 e. The number of amides is 4. The van der Waals surface area contributed by atoms with Crippen LogP contribution in [0.5, 0.6) is 0 Å². The summed E-state index contributed by atoms with van der Waals surface area (Å²) >= 11 is 0. The maximum atomic E-state index is 14.6. The average molecular weight is 1050 g/mol. The number of carbonyl (C=O) groups excluding carboxylic acids is 8. The van der Waals surface area contributed by atoms with Gasteiger partial charge in [-0.2, -0.15) is 0 Å². The van der Waals surface area contributed by atoms with Gasteiger partial charge in [-0.1, -0.05) is 117 Å². The number of ether oxygens (including phenoxy) is 4. The summed E-state index contributed by atoms with van der Waals surface area (Å²) in [6.07, 6.45) is 13.1. The number of unbranched alkanes of at least 4 members (excludes halogenated alkanes) is 2. The summed E-state index contributed by atoms with van der Waals surface area (Å²) in [5.74, 6) is -3.83. The number of esters is 4. The van der Waals surface area contributed by atoms with E-state index >= 15 is 0 Å². The molecule has 8 heterocycles. The summed E-state index contributed by atoms with van der Waals surface area (Å²) in [5, 5.41) is 0. The fourth-order valence-electron chi connectivity index (χ4n) is 12.6. The Hall–Kier alpha value is -8.92. The predicted octanol–water partition coefficient (Wildman–Crippen LogP) is 8.25. The zero-order chi connectivity index (χ0) is 54.3. The highest BCUT2D eigenvalue weighted by Gasteiger charge is 2.62. The molecule has 16 heteroatoms. The molecule has 4 fully saturated rings. The number of hydrogen-bond acceptors (Lipinski definition) is 12. The molecule has 4 saturated heterocycles. The molecule has 16 nitrogen and oxygen atoms in total. The lowest BCUT2D eigenvalue weighted by Crippen LogP contribution is -2.40. The number of benzene rings is 4. The second kappa shape index (κ2) is 18.7. The van der Waals surface area contributed by atoms with E-state index < -0.39 is 52.2 Å². The molecule has 4 atom stereocenters. The van der Waals surface area contributed by atoms with Crippen LogP contribution >= 0.6 is 0 Å². The lowest BCUT2D eigenvalue weighted by Gasteiger charge is -2.22. The number of anilines is 4. The summed E-state index contributed by atoms with van der Waals surface area (Å²) in [6, 6.07) is 27.2. The Bertz CT molecular complexity index is 3460. The fourth-order valence-corrected chi connectivity index (χ4v) is 12.6. The number of fused-ring (bicyclic) bond motifs is 8. The molecule has 0 radical (unpaired) electrons. The van der Waals surface area contributed by atoms with Crippen LogP contribution in [0, 0.1) is 0 Å². The SMILES string of the molecule is C=C1CC2(OC1=O)C(=O)N(CCC/C=C\CCN1C(=O)C3(C/C(=C/c4cccc5c4N(CC/C=C/CCCN4C(=O)C6(CC(=C)C(=O)O6)c6ccccc64)C(=O)C54CC(=C)C(=O)O4)C(=O)O3)c3ccccc31)c1ccccc12. The first kappa shape index (κ1) is 49.9. The van der Waals surface area contributed by atoms with E-state index in [9.17, 15) is 38.4 Å². The highest BCUT2D eigenvalue weighted by Crippen LogP contribution is 2.55. The standard InChI is InChI=1S/C62H54N4O12/c1-38-34-59(75-51(38)67)43-22-10-13-26-47(43)63(55(59)71)29-16-6-4-7-18-31-65-49-28-15-12-24-45(49)62(57(65)73)37-42(54(70)78-62)33-41-21-20-25-46-50(41)66(58(74)61(46)36-40(3)53(69)77-61)32-19-9-5-8-17-30-64-48-27-14-11-23-44(48)60(56(64)72)35-39(2)52(68)76-60/h4-5,7,9-15,20-28,33H,1-3,6,8,16-19,29-32,34-37H2/b7-4-,9-5+,42-33-. The summed E-state index contributed by atoms with van der Waals surface area (Å²) < 4.78 is 23.3. The van der Waals surface area contributed by atoms with E-state index in [0.717, 1.165) is 5.69 Å². The average Bonchev–Trinajstić information content (AvgIpc) is 4.48. The van der Waals surface area contributed by atoms with Gasteiger partial charge in [-0.3, -0.25) is 19.2 Å². The molecule has 394 valence electrons. The van der Waals surface area contributed by atoms with Crippen LogP contribution in [0.1, 0.15) is 92.0 Å². The quantitative estimate of drug-likeness (QED) is 0.0366.